The third kappa shape index (κ3) is 5.53. The van der Waals surface area contributed by atoms with Gasteiger partial charge < -0.3 is 4.74 Å². The Bertz CT molecular complexity index is 104. The van der Waals surface area contributed by atoms with E-state index < -0.39 is 0 Å². The maximum atomic E-state index is 10.6. The van der Waals surface area contributed by atoms with Gasteiger partial charge in [0.2, 0.25) is 0 Å². The Hall–Kier alpha value is -0.610. The van der Waals surface area contributed by atoms with Crippen LogP contribution < -0.4 is 10.9 Å². The highest BCUT2D eigenvalue weighted by molar-refractivity contribution is 5.76. The van der Waals surface area contributed by atoms with Crippen molar-refractivity contribution in [2.75, 3.05) is 13.7 Å². The molecule has 0 heterocycles. The number of ether oxygens (including phenoxy) is 1. The second-order valence-corrected chi connectivity index (χ2v) is 2.28. The van der Waals surface area contributed by atoms with Gasteiger partial charge in [-0.15, -0.1) is 0 Å². The molecule has 0 aromatic heterocycles. The van der Waals surface area contributed by atoms with Gasteiger partial charge in [-0.3, -0.25) is 10.2 Å². The summed E-state index contributed by atoms with van der Waals surface area (Å²) in [6, 6.07) is 0.251. The van der Waals surface area contributed by atoms with E-state index >= 15 is 0 Å². The number of hydrazine groups is 1. The highest BCUT2D eigenvalue weighted by Crippen LogP contribution is 1.71. The summed E-state index contributed by atoms with van der Waals surface area (Å²) in [5, 5.41) is 0. The van der Waals surface area contributed by atoms with E-state index in [4.69, 9.17) is 0 Å². The monoisotopic (exact) mass is 146 g/mol. The maximum Gasteiger partial charge on any atom is 0.260 e. The Morgan fingerprint density at radius 3 is 2.60 bits per heavy atom. The molecule has 0 aliphatic carbocycles. The van der Waals surface area contributed by atoms with Crippen molar-refractivity contribution in [3.8, 4) is 0 Å². The first kappa shape index (κ1) is 9.39. The van der Waals surface area contributed by atoms with Crippen LogP contribution >= 0.6 is 0 Å². The van der Waals surface area contributed by atoms with Gasteiger partial charge in [-0.1, -0.05) is 0 Å². The maximum absolute atomic E-state index is 10.6. The quantitative estimate of drug-likeness (QED) is 0.533. The minimum absolute atomic E-state index is 0.0969. The van der Waals surface area contributed by atoms with Gasteiger partial charge >= 0.3 is 0 Å². The van der Waals surface area contributed by atoms with Crippen LogP contribution in [0.15, 0.2) is 0 Å². The fraction of sp³-hybridized carbons (Fsp3) is 0.833. The Morgan fingerprint density at radius 1 is 1.60 bits per heavy atom. The molecule has 0 radical (unpaired) electrons. The van der Waals surface area contributed by atoms with Crippen LogP contribution in [0.1, 0.15) is 13.8 Å². The summed E-state index contributed by atoms with van der Waals surface area (Å²) in [7, 11) is 1.48. The fourth-order valence-corrected chi connectivity index (χ4v) is 0.392. The molecule has 4 heteroatoms. The fourth-order valence-electron chi connectivity index (χ4n) is 0.392. The van der Waals surface area contributed by atoms with Crippen molar-refractivity contribution in [1.29, 1.82) is 0 Å². The lowest BCUT2D eigenvalue weighted by Crippen LogP contribution is -2.43. The number of methoxy groups -OCH3 is 1. The Morgan fingerprint density at radius 2 is 2.20 bits per heavy atom. The van der Waals surface area contributed by atoms with Gasteiger partial charge in [-0.25, -0.2) is 5.43 Å². The lowest BCUT2D eigenvalue weighted by molar-refractivity contribution is -0.125. The summed E-state index contributed by atoms with van der Waals surface area (Å²) in [6.45, 7) is 3.97. The number of carbonyl (C=O) groups excluding carboxylic acids is 1. The van der Waals surface area contributed by atoms with Crippen molar-refractivity contribution >= 4 is 5.91 Å². The third-order valence-corrected chi connectivity index (χ3v) is 0.776. The Labute approximate surface area is 60.9 Å². The van der Waals surface area contributed by atoms with Crippen LogP contribution in [-0.4, -0.2) is 25.7 Å². The van der Waals surface area contributed by atoms with Gasteiger partial charge in [0.15, 0.2) is 0 Å². The van der Waals surface area contributed by atoms with E-state index in [0.29, 0.717) is 0 Å². The van der Waals surface area contributed by atoms with E-state index in [9.17, 15) is 4.79 Å². The number of rotatable bonds is 4. The molecule has 4 nitrogen and oxygen atoms in total. The zero-order chi connectivity index (χ0) is 7.98. The van der Waals surface area contributed by atoms with Crippen molar-refractivity contribution in [2.45, 2.75) is 19.9 Å². The van der Waals surface area contributed by atoms with Crippen molar-refractivity contribution in [1.82, 2.24) is 10.9 Å². The second kappa shape index (κ2) is 5.20. The highest BCUT2D eigenvalue weighted by atomic mass is 16.5. The van der Waals surface area contributed by atoms with Crippen LogP contribution in [0.3, 0.4) is 0 Å². The summed E-state index contributed by atoms with van der Waals surface area (Å²) < 4.78 is 4.58. The molecule has 0 aromatic carbocycles. The predicted molar refractivity (Wildman–Crippen MR) is 38.3 cm³/mol. The molecule has 0 aliphatic rings. The van der Waals surface area contributed by atoms with E-state index in [1.165, 1.54) is 7.11 Å². The highest BCUT2D eigenvalue weighted by Gasteiger charge is 1.98. The van der Waals surface area contributed by atoms with Crippen molar-refractivity contribution in [2.24, 2.45) is 0 Å². The molecule has 0 saturated carbocycles. The molecule has 0 saturated heterocycles. The molecule has 0 aliphatic heterocycles. The van der Waals surface area contributed by atoms with Crippen molar-refractivity contribution in [3.05, 3.63) is 0 Å². The summed E-state index contributed by atoms with van der Waals surface area (Å²) in [5.41, 5.74) is 5.22. The largest absolute Gasteiger partial charge is 0.375 e. The van der Waals surface area contributed by atoms with Gasteiger partial charge in [-0.2, -0.15) is 0 Å². The molecule has 0 atom stereocenters. The smallest absolute Gasteiger partial charge is 0.260 e. The summed E-state index contributed by atoms with van der Waals surface area (Å²) in [5.74, 6) is -0.156. The van der Waals surface area contributed by atoms with Crippen molar-refractivity contribution < 1.29 is 9.53 Å². The molecular weight excluding hydrogens is 132 g/mol. The van der Waals surface area contributed by atoms with Crippen LogP contribution in [0.2, 0.25) is 0 Å². The first-order chi connectivity index (χ1) is 4.66. The van der Waals surface area contributed by atoms with E-state index in [0.717, 1.165) is 0 Å². The van der Waals surface area contributed by atoms with E-state index in [-0.39, 0.29) is 18.6 Å². The van der Waals surface area contributed by atoms with E-state index in [1.807, 2.05) is 13.8 Å². The van der Waals surface area contributed by atoms with Gasteiger partial charge in [-0.05, 0) is 13.8 Å². The Balaban J connectivity index is 3.22. The average molecular weight is 146 g/mol. The van der Waals surface area contributed by atoms with Gasteiger partial charge in [0, 0.05) is 13.2 Å². The lowest BCUT2D eigenvalue weighted by Gasteiger charge is -2.08. The molecule has 1 amide bonds. The molecule has 60 valence electrons. The van der Waals surface area contributed by atoms with Crippen LogP contribution in [0, 0.1) is 0 Å². The summed E-state index contributed by atoms with van der Waals surface area (Å²) in [4.78, 5) is 10.6. The molecule has 0 aromatic rings. The Kier molecular flexibility index (Phi) is 4.88. The van der Waals surface area contributed by atoms with E-state index in [1.54, 1.807) is 0 Å². The second-order valence-electron chi connectivity index (χ2n) is 2.28. The molecule has 0 unspecified atom stereocenters. The number of amides is 1. The SMILES string of the molecule is COCC(=O)NNC(C)C. The average Bonchev–Trinajstić information content (AvgIpc) is 1.85. The molecule has 0 bridgehead atoms. The summed E-state index contributed by atoms with van der Waals surface area (Å²) >= 11 is 0. The van der Waals surface area contributed by atoms with Crippen molar-refractivity contribution in [3.63, 3.8) is 0 Å². The minimum Gasteiger partial charge on any atom is -0.375 e. The summed E-state index contributed by atoms with van der Waals surface area (Å²) in [6.07, 6.45) is 0. The van der Waals surface area contributed by atoms with Gasteiger partial charge in [0.25, 0.3) is 5.91 Å². The van der Waals surface area contributed by atoms with E-state index in [2.05, 4.69) is 15.6 Å². The molecular formula is C6H14N2O2. The molecule has 0 fully saturated rings. The molecule has 10 heavy (non-hydrogen) atoms. The third-order valence-electron chi connectivity index (χ3n) is 0.776. The molecule has 0 spiro atoms. The molecule has 0 rings (SSSR count). The number of hydrogen-bond acceptors (Lipinski definition) is 3. The van der Waals surface area contributed by atoms with Crippen LogP contribution in [-0.2, 0) is 9.53 Å². The zero-order valence-corrected chi connectivity index (χ0v) is 6.60. The zero-order valence-electron chi connectivity index (χ0n) is 6.60. The standard InChI is InChI=1S/C6H14N2O2/c1-5(2)7-8-6(9)4-10-3/h5,7H,4H2,1-3H3,(H,8,9). The minimum atomic E-state index is -0.156. The van der Waals surface area contributed by atoms with Crippen LogP contribution in [0.25, 0.3) is 0 Å². The first-order valence-electron chi connectivity index (χ1n) is 3.20. The topological polar surface area (TPSA) is 50.4 Å². The first-order valence-corrected chi connectivity index (χ1v) is 3.20. The predicted octanol–water partition coefficient (Wildman–Crippen LogP) is -0.338. The van der Waals surface area contributed by atoms with Crippen LogP contribution in [0.5, 0.6) is 0 Å². The number of nitrogens with one attached hydrogen (secondary N) is 2. The van der Waals surface area contributed by atoms with Crippen LogP contribution in [0.4, 0.5) is 0 Å². The lowest BCUT2D eigenvalue weighted by atomic mass is 10.4. The normalized spacial score (nSPS) is 10.0. The number of carbonyl (C=O) groups is 1. The molecule has 2 N–H and O–H groups in total. The number of hydrogen-bond donors (Lipinski definition) is 2. The van der Waals surface area contributed by atoms with Gasteiger partial charge in [0.05, 0.1) is 0 Å². The van der Waals surface area contributed by atoms with Gasteiger partial charge in [0.1, 0.15) is 6.61 Å².